The zero-order valence-corrected chi connectivity index (χ0v) is 11.2. The van der Waals surface area contributed by atoms with Gasteiger partial charge >= 0.3 is 0 Å². The van der Waals surface area contributed by atoms with Crippen LogP contribution in [0.1, 0.15) is 18.6 Å². The summed E-state index contributed by atoms with van der Waals surface area (Å²) in [5, 5.41) is 0. The van der Waals surface area contributed by atoms with Crippen molar-refractivity contribution >= 4 is 11.6 Å². The Hall–Kier alpha value is -2.28. The molecular weight excluding hydrogens is 258 g/mol. The molecule has 0 unspecified atom stereocenters. The van der Waals surface area contributed by atoms with Crippen LogP contribution in [0.15, 0.2) is 29.1 Å². The molecule has 7 nitrogen and oxygen atoms in total. The average molecular weight is 275 g/mol. The minimum Gasteiger partial charge on any atom is -0.490 e. The largest absolute Gasteiger partial charge is 0.490 e. The lowest BCUT2D eigenvalue weighted by Crippen LogP contribution is -2.27. The average Bonchev–Trinajstić information content (AvgIpc) is 3.20. The molecule has 0 aliphatic heterocycles. The van der Waals surface area contributed by atoms with Crippen molar-refractivity contribution in [3.63, 3.8) is 0 Å². The third-order valence-corrected chi connectivity index (χ3v) is 3.29. The molecule has 2 aromatic heterocycles. The van der Waals surface area contributed by atoms with Gasteiger partial charge in [0.2, 0.25) is 5.75 Å². The predicted octanol–water partition coefficient (Wildman–Crippen LogP) is 1.53. The van der Waals surface area contributed by atoms with Gasteiger partial charge in [0.1, 0.15) is 12.1 Å². The van der Waals surface area contributed by atoms with Crippen LogP contribution >= 0.6 is 0 Å². The van der Waals surface area contributed by atoms with Crippen LogP contribution in [0.3, 0.4) is 0 Å². The third-order valence-electron chi connectivity index (χ3n) is 3.29. The van der Waals surface area contributed by atoms with E-state index in [1.165, 1.54) is 6.33 Å². The van der Waals surface area contributed by atoms with E-state index in [4.69, 9.17) is 15.0 Å². The summed E-state index contributed by atoms with van der Waals surface area (Å²) in [6.07, 6.45) is 5.42. The first-order valence-corrected chi connectivity index (χ1v) is 6.48. The summed E-state index contributed by atoms with van der Waals surface area (Å²) in [7, 11) is 1.58. The summed E-state index contributed by atoms with van der Waals surface area (Å²) >= 11 is 0. The second kappa shape index (κ2) is 5.38. The molecule has 7 heteroatoms. The molecule has 106 valence electrons. The molecule has 0 aromatic carbocycles. The Bertz CT molecular complexity index is 568. The first-order chi connectivity index (χ1) is 9.83. The summed E-state index contributed by atoms with van der Waals surface area (Å²) in [5.74, 6) is 8.11. The molecule has 2 heterocycles. The first-order valence-electron chi connectivity index (χ1n) is 6.48. The standard InChI is InChI=1S/C13H17N5O2/c1-19-11-12(17-14)15-8-16-13(11)18(9-4-5-9)7-10-3-2-6-20-10/h2-3,6,8-9H,4-5,7,14H2,1H3,(H,15,16,17). The van der Waals surface area contributed by atoms with E-state index in [1.54, 1.807) is 13.4 Å². The van der Waals surface area contributed by atoms with Gasteiger partial charge in [0.15, 0.2) is 11.6 Å². The quantitative estimate of drug-likeness (QED) is 0.610. The van der Waals surface area contributed by atoms with Crippen molar-refractivity contribution in [2.45, 2.75) is 25.4 Å². The second-order valence-corrected chi connectivity index (χ2v) is 4.66. The van der Waals surface area contributed by atoms with Gasteiger partial charge in [0.25, 0.3) is 0 Å². The molecule has 0 amide bonds. The number of hydrogen-bond donors (Lipinski definition) is 2. The fraction of sp³-hybridized carbons (Fsp3) is 0.385. The van der Waals surface area contributed by atoms with E-state index in [2.05, 4.69) is 20.3 Å². The van der Waals surface area contributed by atoms with Gasteiger partial charge in [-0.05, 0) is 25.0 Å². The third kappa shape index (κ3) is 2.39. The molecule has 2 aromatic rings. The minimum absolute atomic E-state index is 0.453. The summed E-state index contributed by atoms with van der Waals surface area (Å²) in [5.41, 5.74) is 2.53. The Labute approximate surface area is 116 Å². The van der Waals surface area contributed by atoms with Crippen molar-refractivity contribution in [2.24, 2.45) is 5.84 Å². The lowest BCUT2D eigenvalue weighted by molar-refractivity contribution is 0.410. The zero-order chi connectivity index (χ0) is 13.9. The van der Waals surface area contributed by atoms with Gasteiger partial charge in [0, 0.05) is 6.04 Å². The monoisotopic (exact) mass is 275 g/mol. The second-order valence-electron chi connectivity index (χ2n) is 4.66. The number of nitrogen functional groups attached to an aromatic ring is 1. The molecule has 20 heavy (non-hydrogen) atoms. The maximum absolute atomic E-state index is 5.47. The molecule has 1 fully saturated rings. The summed E-state index contributed by atoms with van der Waals surface area (Å²) in [4.78, 5) is 10.6. The number of nitrogens with one attached hydrogen (secondary N) is 1. The van der Waals surface area contributed by atoms with Crippen molar-refractivity contribution < 1.29 is 9.15 Å². The van der Waals surface area contributed by atoms with E-state index >= 15 is 0 Å². The van der Waals surface area contributed by atoms with E-state index in [1.807, 2.05) is 12.1 Å². The minimum atomic E-state index is 0.453. The Morgan fingerprint density at radius 1 is 1.50 bits per heavy atom. The topological polar surface area (TPSA) is 89.4 Å². The Balaban J connectivity index is 1.95. The van der Waals surface area contributed by atoms with Crippen molar-refractivity contribution in [1.82, 2.24) is 9.97 Å². The van der Waals surface area contributed by atoms with Gasteiger partial charge in [0.05, 0.1) is 19.9 Å². The van der Waals surface area contributed by atoms with Crippen LogP contribution in [0.4, 0.5) is 11.6 Å². The van der Waals surface area contributed by atoms with Gasteiger partial charge in [-0.3, -0.25) is 0 Å². The maximum Gasteiger partial charge on any atom is 0.205 e. The molecule has 0 bridgehead atoms. The molecule has 3 N–H and O–H groups in total. The highest BCUT2D eigenvalue weighted by molar-refractivity contribution is 5.65. The summed E-state index contributed by atoms with van der Waals surface area (Å²) < 4.78 is 10.8. The van der Waals surface area contributed by atoms with Crippen molar-refractivity contribution in [3.8, 4) is 5.75 Å². The van der Waals surface area contributed by atoms with Crippen LogP contribution in [-0.4, -0.2) is 23.1 Å². The van der Waals surface area contributed by atoms with E-state index in [-0.39, 0.29) is 0 Å². The number of furan rings is 1. The maximum atomic E-state index is 5.47. The fourth-order valence-electron chi connectivity index (χ4n) is 2.19. The number of rotatable bonds is 6. The van der Waals surface area contributed by atoms with E-state index in [9.17, 15) is 0 Å². The van der Waals surface area contributed by atoms with Gasteiger partial charge in [-0.15, -0.1) is 0 Å². The Kier molecular flexibility index (Phi) is 3.42. The molecule has 0 radical (unpaired) electrons. The van der Waals surface area contributed by atoms with Crippen LogP contribution in [0.25, 0.3) is 0 Å². The number of methoxy groups -OCH3 is 1. The van der Waals surface area contributed by atoms with Gasteiger partial charge in [-0.1, -0.05) is 0 Å². The van der Waals surface area contributed by atoms with Crippen LogP contribution in [-0.2, 0) is 6.54 Å². The smallest absolute Gasteiger partial charge is 0.205 e. The van der Waals surface area contributed by atoms with Crippen LogP contribution in [0.5, 0.6) is 5.75 Å². The Morgan fingerprint density at radius 2 is 2.35 bits per heavy atom. The number of nitrogens with zero attached hydrogens (tertiary/aromatic N) is 3. The van der Waals surface area contributed by atoms with Crippen molar-refractivity contribution in [1.29, 1.82) is 0 Å². The van der Waals surface area contributed by atoms with Gasteiger partial charge in [-0.2, -0.15) is 0 Å². The fourth-order valence-corrected chi connectivity index (χ4v) is 2.19. The molecule has 0 spiro atoms. The van der Waals surface area contributed by atoms with E-state index in [0.29, 0.717) is 24.2 Å². The van der Waals surface area contributed by atoms with Crippen LogP contribution in [0, 0.1) is 0 Å². The molecular formula is C13H17N5O2. The van der Waals surface area contributed by atoms with Gasteiger partial charge < -0.3 is 19.5 Å². The number of aromatic nitrogens is 2. The molecule has 1 aliphatic carbocycles. The predicted molar refractivity (Wildman–Crippen MR) is 74.3 cm³/mol. The van der Waals surface area contributed by atoms with E-state index in [0.717, 1.165) is 24.4 Å². The highest BCUT2D eigenvalue weighted by Crippen LogP contribution is 2.39. The highest BCUT2D eigenvalue weighted by Gasteiger charge is 2.33. The molecule has 1 saturated carbocycles. The highest BCUT2D eigenvalue weighted by atomic mass is 16.5. The lowest BCUT2D eigenvalue weighted by Gasteiger charge is -2.24. The summed E-state index contributed by atoms with van der Waals surface area (Å²) in [6, 6.07) is 4.28. The number of hydrogen-bond acceptors (Lipinski definition) is 7. The lowest BCUT2D eigenvalue weighted by atomic mass is 10.3. The number of anilines is 2. The SMILES string of the molecule is COc1c(NN)ncnc1N(Cc1ccco1)C1CC1. The van der Waals surface area contributed by atoms with Crippen molar-refractivity contribution in [3.05, 3.63) is 30.5 Å². The van der Waals surface area contributed by atoms with Crippen LogP contribution < -0.4 is 20.9 Å². The number of hydrazine groups is 1. The Morgan fingerprint density at radius 3 is 2.95 bits per heavy atom. The van der Waals surface area contributed by atoms with Crippen LogP contribution in [0.2, 0.25) is 0 Å². The normalized spacial score (nSPS) is 14.1. The van der Waals surface area contributed by atoms with Gasteiger partial charge in [-0.25, -0.2) is 15.8 Å². The molecule has 1 aliphatic rings. The van der Waals surface area contributed by atoms with Crippen molar-refractivity contribution in [2.75, 3.05) is 17.4 Å². The molecule has 0 atom stereocenters. The van der Waals surface area contributed by atoms with E-state index < -0.39 is 0 Å². The number of ether oxygens (including phenoxy) is 1. The molecule has 0 saturated heterocycles. The summed E-state index contributed by atoms with van der Waals surface area (Å²) in [6.45, 7) is 0.648. The molecule has 3 rings (SSSR count). The number of nitrogens with two attached hydrogens (primary N) is 1. The first kappa shape index (κ1) is 12.7. The zero-order valence-electron chi connectivity index (χ0n) is 11.2.